The van der Waals surface area contributed by atoms with Crippen molar-refractivity contribution >= 4 is 23.1 Å². The minimum Gasteiger partial charge on any atom is -0.306 e. The van der Waals surface area contributed by atoms with Crippen molar-refractivity contribution in [1.82, 2.24) is 9.38 Å². The van der Waals surface area contributed by atoms with Gasteiger partial charge >= 0.3 is 0 Å². The fourth-order valence-electron chi connectivity index (χ4n) is 3.49. The van der Waals surface area contributed by atoms with E-state index in [0.29, 0.717) is 17.1 Å². The SMILES string of the molecule is Cc1cc(C)cc(-c2nc3cc(C)ccn3c2NC(=O)c2ccc([N+](=O)[O-])cc2)c1. The van der Waals surface area contributed by atoms with Gasteiger partial charge in [-0.05, 0) is 62.7 Å². The Morgan fingerprint density at radius 2 is 1.63 bits per heavy atom. The summed E-state index contributed by atoms with van der Waals surface area (Å²) in [6, 6.07) is 15.6. The van der Waals surface area contributed by atoms with Gasteiger partial charge in [0, 0.05) is 29.5 Å². The highest BCUT2D eigenvalue weighted by atomic mass is 16.6. The maximum Gasteiger partial charge on any atom is 0.269 e. The highest BCUT2D eigenvalue weighted by Crippen LogP contribution is 2.31. The molecule has 4 aromatic rings. The third-order valence-electron chi connectivity index (χ3n) is 4.85. The van der Waals surface area contributed by atoms with E-state index in [4.69, 9.17) is 4.98 Å². The van der Waals surface area contributed by atoms with E-state index in [-0.39, 0.29) is 11.6 Å². The van der Waals surface area contributed by atoms with Gasteiger partial charge < -0.3 is 5.32 Å². The van der Waals surface area contributed by atoms with E-state index in [2.05, 4.69) is 11.4 Å². The van der Waals surface area contributed by atoms with E-state index in [0.717, 1.165) is 27.9 Å². The number of nitrogens with zero attached hydrogens (tertiary/aromatic N) is 3. The van der Waals surface area contributed by atoms with Crippen LogP contribution in [-0.2, 0) is 0 Å². The van der Waals surface area contributed by atoms with Gasteiger partial charge in [0.05, 0.1) is 4.92 Å². The summed E-state index contributed by atoms with van der Waals surface area (Å²) in [5.74, 6) is 0.191. The number of aryl methyl sites for hydroxylation is 3. The Morgan fingerprint density at radius 1 is 0.967 bits per heavy atom. The third-order valence-corrected chi connectivity index (χ3v) is 4.85. The molecule has 1 N–H and O–H groups in total. The van der Waals surface area contributed by atoms with Crippen LogP contribution in [0.5, 0.6) is 0 Å². The predicted molar refractivity (Wildman–Crippen MR) is 116 cm³/mol. The molecule has 30 heavy (non-hydrogen) atoms. The number of carbonyl (C=O) groups excluding carboxylic acids is 1. The molecule has 1 amide bonds. The Kier molecular flexibility index (Phi) is 4.79. The summed E-state index contributed by atoms with van der Waals surface area (Å²) in [6.07, 6.45) is 1.87. The van der Waals surface area contributed by atoms with E-state index in [9.17, 15) is 14.9 Å². The molecule has 2 aromatic heterocycles. The number of nitrogens with one attached hydrogen (secondary N) is 1. The first-order valence-corrected chi connectivity index (χ1v) is 9.45. The lowest BCUT2D eigenvalue weighted by atomic mass is 10.0. The standard InChI is InChI=1S/C23H20N4O3/c1-14-8-9-26-20(13-14)24-21(18-11-15(2)10-16(3)12-18)22(26)25-23(28)17-4-6-19(7-5-17)27(29)30/h4-13H,1-3H3,(H,25,28). The minimum atomic E-state index is -0.493. The smallest absolute Gasteiger partial charge is 0.269 e. The average molecular weight is 400 g/mol. The van der Waals surface area contributed by atoms with Gasteiger partial charge in [0.15, 0.2) is 0 Å². The molecular formula is C23H20N4O3. The molecule has 0 aliphatic heterocycles. The molecule has 0 spiro atoms. The van der Waals surface area contributed by atoms with Crippen LogP contribution in [0.1, 0.15) is 27.0 Å². The number of nitro benzene ring substituents is 1. The molecule has 0 aliphatic rings. The fraction of sp³-hybridized carbons (Fsp3) is 0.130. The van der Waals surface area contributed by atoms with Crippen molar-refractivity contribution in [1.29, 1.82) is 0 Å². The summed E-state index contributed by atoms with van der Waals surface area (Å²) in [5, 5.41) is 13.8. The van der Waals surface area contributed by atoms with Gasteiger partial charge in [-0.2, -0.15) is 0 Å². The van der Waals surface area contributed by atoms with Crippen LogP contribution >= 0.6 is 0 Å². The molecule has 0 fully saturated rings. The summed E-state index contributed by atoms with van der Waals surface area (Å²) >= 11 is 0. The van der Waals surface area contributed by atoms with Crippen molar-refractivity contribution in [2.75, 3.05) is 5.32 Å². The molecule has 4 rings (SSSR count). The second kappa shape index (κ2) is 7.44. The van der Waals surface area contributed by atoms with Crippen molar-refractivity contribution in [2.45, 2.75) is 20.8 Å². The molecule has 0 saturated carbocycles. The molecule has 0 atom stereocenters. The number of aromatic nitrogens is 2. The van der Waals surface area contributed by atoms with Gasteiger partial charge in [-0.3, -0.25) is 19.3 Å². The van der Waals surface area contributed by atoms with Gasteiger partial charge in [-0.1, -0.05) is 17.2 Å². The van der Waals surface area contributed by atoms with E-state index >= 15 is 0 Å². The number of anilines is 1. The lowest BCUT2D eigenvalue weighted by Gasteiger charge is -2.09. The van der Waals surface area contributed by atoms with Gasteiger partial charge in [0.2, 0.25) is 0 Å². The van der Waals surface area contributed by atoms with Gasteiger partial charge in [0.25, 0.3) is 11.6 Å². The number of fused-ring (bicyclic) bond motifs is 1. The van der Waals surface area contributed by atoms with Gasteiger partial charge in [-0.25, -0.2) is 4.98 Å². The largest absolute Gasteiger partial charge is 0.306 e. The molecule has 150 valence electrons. The molecule has 2 heterocycles. The zero-order chi connectivity index (χ0) is 21.4. The number of rotatable bonds is 4. The number of benzene rings is 2. The second-order valence-electron chi connectivity index (χ2n) is 7.38. The van der Waals surface area contributed by atoms with Crippen LogP contribution in [0.3, 0.4) is 0 Å². The lowest BCUT2D eigenvalue weighted by Crippen LogP contribution is -2.14. The number of non-ortho nitro benzene ring substituents is 1. The minimum absolute atomic E-state index is 0.0623. The molecule has 0 saturated heterocycles. The van der Waals surface area contributed by atoms with Crippen molar-refractivity contribution < 1.29 is 9.72 Å². The number of hydrogen-bond donors (Lipinski definition) is 1. The number of imidazole rings is 1. The Morgan fingerprint density at radius 3 is 2.27 bits per heavy atom. The Hall–Kier alpha value is -4.00. The summed E-state index contributed by atoms with van der Waals surface area (Å²) in [5.41, 5.74) is 5.84. The molecule has 0 aliphatic carbocycles. The maximum atomic E-state index is 12.9. The maximum absolute atomic E-state index is 12.9. The Labute approximate surface area is 173 Å². The normalized spacial score (nSPS) is 10.9. The van der Waals surface area contributed by atoms with E-state index < -0.39 is 4.92 Å². The zero-order valence-electron chi connectivity index (χ0n) is 16.8. The number of amides is 1. The third kappa shape index (κ3) is 3.65. The van der Waals surface area contributed by atoms with Crippen LogP contribution in [0.4, 0.5) is 11.5 Å². The lowest BCUT2D eigenvalue weighted by molar-refractivity contribution is -0.384. The fourth-order valence-corrected chi connectivity index (χ4v) is 3.49. The van der Waals surface area contributed by atoms with E-state index in [1.807, 2.05) is 55.6 Å². The van der Waals surface area contributed by atoms with Crippen LogP contribution in [0.2, 0.25) is 0 Å². The topological polar surface area (TPSA) is 89.5 Å². The first-order chi connectivity index (χ1) is 14.3. The van der Waals surface area contributed by atoms with Crippen LogP contribution < -0.4 is 5.32 Å². The van der Waals surface area contributed by atoms with Crippen LogP contribution in [-0.4, -0.2) is 20.2 Å². The molecule has 7 heteroatoms. The van der Waals surface area contributed by atoms with Crippen molar-refractivity contribution in [3.8, 4) is 11.3 Å². The number of hydrogen-bond acceptors (Lipinski definition) is 4. The van der Waals surface area contributed by atoms with E-state index in [1.165, 1.54) is 24.3 Å². The van der Waals surface area contributed by atoms with E-state index in [1.54, 1.807) is 0 Å². The molecule has 0 unspecified atom stereocenters. The van der Waals surface area contributed by atoms with Crippen molar-refractivity contribution in [3.05, 3.63) is 93.2 Å². The summed E-state index contributed by atoms with van der Waals surface area (Å²) in [6.45, 7) is 6.03. The number of carbonyl (C=O) groups is 1. The van der Waals surface area contributed by atoms with Gasteiger partial charge in [0.1, 0.15) is 17.2 Å². The van der Waals surface area contributed by atoms with Gasteiger partial charge in [-0.15, -0.1) is 0 Å². The first kappa shape index (κ1) is 19.3. The molecule has 7 nitrogen and oxygen atoms in total. The summed E-state index contributed by atoms with van der Waals surface area (Å²) in [7, 11) is 0. The van der Waals surface area contributed by atoms with Crippen LogP contribution in [0, 0.1) is 30.9 Å². The Bertz CT molecular complexity index is 1270. The first-order valence-electron chi connectivity index (χ1n) is 9.45. The summed E-state index contributed by atoms with van der Waals surface area (Å²) in [4.78, 5) is 28.0. The van der Waals surface area contributed by atoms with Crippen LogP contribution in [0.25, 0.3) is 16.9 Å². The quantitative estimate of drug-likeness (QED) is 0.382. The average Bonchev–Trinajstić information content (AvgIpc) is 3.04. The molecule has 2 aromatic carbocycles. The Balaban J connectivity index is 1.80. The summed E-state index contributed by atoms with van der Waals surface area (Å²) < 4.78 is 1.84. The van der Waals surface area contributed by atoms with Crippen LogP contribution in [0.15, 0.2) is 60.8 Å². The van der Waals surface area contributed by atoms with Crippen molar-refractivity contribution in [2.24, 2.45) is 0 Å². The molecular weight excluding hydrogens is 380 g/mol. The molecule has 0 bridgehead atoms. The number of pyridine rings is 1. The zero-order valence-corrected chi connectivity index (χ0v) is 16.8. The highest BCUT2D eigenvalue weighted by Gasteiger charge is 2.18. The predicted octanol–water partition coefficient (Wildman–Crippen LogP) is 5.09. The molecule has 0 radical (unpaired) electrons. The number of nitro groups is 1. The second-order valence-corrected chi connectivity index (χ2v) is 7.38. The monoisotopic (exact) mass is 400 g/mol. The van der Waals surface area contributed by atoms with Crippen molar-refractivity contribution in [3.63, 3.8) is 0 Å². The highest BCUT2D eigenvalue weighted by molar-refractivity contribution is 6.06.